The third kappa shape index (κ3) is 5.21. The van der Waals surface area contributed by atoms with E-state index >= 15 is 0 Å². The number of benzene rings is 1. The Morgan fingerprint density at radius 3 is 2.84 bits per heavy atom. The third-order valence-corrected chi connectivity index (χ3v) is 3.65. The van der Waals surface area contributed by atoms with Gasteiger partial charge in [0.1, 0.15) is 5.75 Å². The number of rotatable bonds is 7. The van der Waals surface area contributed by atoms with Crippen LogP contribution in [0.3, 0.4) is 0 Å². The lowest BCUT2D eigenvalue weighted by Crippen LogP contribution is -2.24. The van der Waals surface area contributed by atoms with Crippen LogP contribution >= 0.6 is 0 Å². The smallest absolute Gasteiger partial charge is 0.119 e. The lowest BCUT2D eigenvalue weighted by molar-refractivity contribution is 0.0302. The van der Waals surface area contributed by atoms with Crippen LogP contribution in [0.1, 0.15) is 37.7 Å². The van der Waals surface area contributed by atoms with Crippen LogP contribution in [0, 0.1) is 0 Å². The van der Waals surface area contributed by atoms with Crippen molar-refractivity contribution < 1.29 is 9.47 Å². The molecule has 1 saturated carbocycles. The van der Waals surface area contributed by atoms with Gasteiger partial charge in [-0.15, -0.1) is 0 Å². The SMILES string of the molecule is COc1cccc(CNCCOC2CCCCC2)c1. The molecule has 1 aromatic carbocycles. The molecule has 19 heavy (non-hydrogen) atoms. The largest absolute Gasteiger partial charge is 0.497 e. The summed E-state index contributed by atoms with van der Waals surface area (Å²) in [7, 11) is 1.70. The fourth-order valence-electron chi connectivity index (χ4n) is 2.54. The van der Waals surface area contributed by atoms with Gasteiger partial charge < -0.3 is 14.8 Å². The van der Waals surface area contributed by atoms with E-state index < -0.39 is 0 Å². The van der Waals surface area contributed by atoms with E-state index in [1.807, 2.05) is 12.1 Å². The summed E-state index contributed by atoms with van der Waals surface area (Å²) in [5.41, 5.74) is 1.25. The molecule has 106 valence electrons. The van der Waals surface area contributed by atoms with Gasteiger partial charge >= 0.3 is 0 Å². The summed E-state index contributed by atoms with van der Waals surface area (Å²) < 4.78 is 11.1. The zero-order valence-corrected chi connectivity index (χ0v) is 11.9. The van der Waals surface area contributed by atoms with Crippen LogP contribution in [0.5, 0.6) is 5.75 Å². The molecular formula is C16H25NO2. The summed E-state index contributed by atoms with van der Waals surface area (Å²) in [6.07, 6.45) is 7.05. The summed E-state index contributed by atoms with van der Waals surface area (Å²) in [5.74, 6) is 0.915. The molecule has 1 aliphatic rings. The molecule has 0 aliphatic heterocycles. The Labute approximate surface area is 116 Å². The molecule has 1 aliphatic carbocycles. The van der Waals surface area contributed by atoms with Crippen molar-refractivity contribution in [2.75, 3.05) is 20.3 Å². The molecule has 1 aromatic rings. The van der Waals surface area contributed by atoms with E-state index in [1.54, 1.807) is 7.11 Å². The highest BCUT2D eigenvalue weighted by Crippen LogP contribution is 2.19. The van der Waals surface area contributed by atoms with Crippen LogP contribution in [-0.4, -0.2) is 26.4 Å². The van der Waals surface area contributed by atoms with Crippen molar-refractivity contribution in [3.63, 3.8) is 0 Å². The first kappa shape index (κ1) is 14.4. The normalized spacial score (nSPS) is 16.5. The molecule has 3 heteroatoms. The molecule has 3 nitrogen and oxygen atoms in total. The maximum Gasteiger partial charge on any atom is 0.119 e. The molecule has 0 bridgehead atoms. The van der Waals surface area contributed by atoms with Gasteiger partial charge in [-0.3, -0.25) is 0 Å². The predicted molar refractivity (Wildman–Crippen MR) is 77.5 cm³/mol. The second kappa shape index (κ2) is 8.18. The van der Waals surface area contributed by atoms with Gasteiger partial charge in [0, 0.05) is 13.1 Å². The average molecular weight is 263 g/mol. The molecule has 0 heterocycles. The molecule has 0 saturated heterocycles. The highest BCUT2D eigenvalue weighted by molar-refractivity contribution is 5.28. The molecule has 0 unspecified atom stereocenters. The zero-order chi connectivity index (χ0) is 13.3. The zero-order valence-electron chi connectivity index (χ0n) is 11.9. The van der Waals surface area contributed by atoms with Gasteiger partial charge in [-0.1, -0.05) is 31.4 Å². The Morgan fingerprint density at radius 1 is 1.21 bits per heavy atom. The van der Waals surface area contributed by atoms with Gasteiger partial charge in [0.25, 0.3) is 0 Å². The summed E-state index contributed by atoms with van der Waals surface area (Å²) in [4.78, 5) is 0. The molecule has 0 radical (unpaired) electrons. The standard InChI is InChI=1S/C16H25NO2/c1-18-16-9-5-6-14(12-16)13-17-10-11-19-15-7-3-2-4-8-15/h5-6,9,12,15,17H,2-4,7-8,10-11,13H2,1H3. The fraction of sp³-hybridized carbons (Fsp3) is 0.625. The van der Waals surface area contributed by atoms with Gasteiger partial charge in [-0.2, -0.15) is 0 Å². The van der Waals surface area contributed by atoms with Crippen molar-refractivity contribution >= 4 is 0 Å². The Bertz CT molecular complexity index is 362. The summed E-state index contributed by atoms with van der Waals surface area (Å²) in [6.45, 7) is 2.59. The first-order chi connectivity index (χ1) is 9.38. The minimum absolute atomic E-state index is 0.507. The molecule has 0 amide bonds. The van der Waals surface area contributed by atoms with Gasteiger partial charge in [-0.25, -0.2) is 0 Å². The van der Waals surface area contributed by atoms with Crippen LogP contribution in [0.4, 0.5) is 0 Å². The Hall–Kier alpha value is -1.06. The minimum Gasteiger partial charge on any atom is -0.497 e. The van der Waals surface area contributed by atoms with E-state index in [2.05, 4.69) is 17.4 Å². The first-order valence-electron chi connectivity index (χ1n) is 7.34. The lowest BCUT2D eigenvalue weighted by Gasteiger charge is -2.22. The van der Waals surface area contributed by atoms with E-state index in [0.29, 0.717) is 6.10 Å². The van der Waals surface area contributed by atoms with Crippen molar-refractivity contribution in [3.8, 4) is 5.75 Å². The average Bonchev–Trinajstić information content (AvgIpc) is 2.48. The van der Waals surface area contributed by atoms with E-state index in [1.165, 1.54) is 37.7 Å². The Kier molecular flexibility index (Phi) is 6.18. The van der Waals surface area contributed by atoms with E-state index in [-0.39, 0.29) is 0 Å². The molecule has 2 rings (SSSR count). The van der Waals surface area contributed by atoms with Crippen molar-refractivity contribution in [1.29, 1.82) is 0 Å². The van der Waals surface area contributed by atoms with Crippen molar-refractivity contribution in [2.24, 2.45) is 0 Å². The molecular weight excluding hydrogens is 238 g/mol. The number of nitrogens with one attached hydrogen (secondary N) is 1. The Balaban J connectivity index is 1.58. The maximum absolute atomic E-state index is 5.88. The van der Waals surface area contributed by atoms with E-state index in [4.69, 9.17) is 9.47 Å². The number of ether oxygens (including phenoxy) is 2. The molecule has 0 aromatic heterocycles. The van der Waals surface area contributed by atoms with Gasteiger partial charge in [0.05, 0.1) is 19.8 Å². The molecule has 0 atom stereocenters. The third-order valence-electron chi connectivity index (χ3n) is 3.65. The second-order valence-corrected chi connectivity index (χ2v) is 5.16. The van der Waals surface area contributed by atoms with Crippen LogP contribution < -0.4 is 10.1 Å². The topological polar surface area (TPSA) is 30.5 Å². The summed E-state index contributed by atoms with van der Waals surface area (Å²) >= 11 is 0. The maximum atomic E-state index is 5.88. The van der Waals surface area contributed by atoms with Gasteiger partial charge in [-0.05, 0) is 30.5 Å². The number of hydrogen-bond donors (Lipinski definition) is 1. The predicted octanol–water partition coefficient (Wildman–Crippen LogP) is 3.13. The summed E-state index contributed by atoms with van der Waals surface area (Å²) in [5, 5.41) is 3.41. The molecule has 0 spiro atoms. The Morgan fingerprint density at radius 2 is 2.05 bits per heavy atom. The quantitative estimate of drug-likeness (QED) is 0.767. The van der Waals surface area contributed by atoms with Gasteiger partial charge in [0.15, 0.2) is 0 Å². The van der Waals surface area contributed by atoms with Gasteiger partial charge in [0.2, 0.25) is 0 Å². The molecule has 1 N–H and O–H groups in total. The van der Waals surface area contributed by atoms with Crippen LogP contribution in [0.2, 0.25) is 0 Å². The highest BCUT2D eigenvalue weighted by Gasteiger charge is 2.12. The molecule has 1 fully saturated rings. The van der Waals surface area contributed by atoms with Crippen molar-refractivity contribution in [1.82, 2.24) is 5.32 Å². The lowest BCUT2D eigenvalue weighted by atomic mass is 9.98. The van der Waals surface area contributed by atoms with E-state index in [0.717, 1.165) is 25.4 Å². The monoisotopic (exact) mass is 263 g/mol. The van der Waals surface area contributed by atoms with E-state index in [9.17, 15) is 0 Å². The fourth-order valence-corrected chi connectivity index (χ4v) is 2.54. The first-order valence-corrected chi connectivity index (χ1v) is 7.34. The van der Waals surface area contributed by atoms with Crippen LogP contribution in [0.25, 0.3) is 0 Å². The van der Waals surface area contributed by atoms with Crippen molar-refractivity contribution in [3.05, 3.63) is 29.8 Å². The van der Waals surface area contributed by atoms with Crippen LogP contribution in [-0.2, 0) is 11.3 Å². The summed E-state index contributed by atoms with van der Waals surface area (Å²) in [6, 6.07) is 8.16. The minimum atomic E-state index is 0.507. The second-order valence-electron chi connectivity index (χ2n) is 5.16. The van der Waals surface area contributed by atoms with Crippen LogP contribution in [0.15, 0.2) is 24.3 Å². The highest BCUT2D eigenvalue weighted by atomic mass is 16.5. The van der Waals surface area contributed by atoms with Crippen molar-refractivity contribution in [2.45, 2.75) is 44.8 Å². The number of hydrogen-bond acceptors (Lipinski definition) is 3. The number of methoxy groups -OCH3 is 1.